The Hall–Kier alpha value is -1.48. The lowest BCUT2D eigenvalue weighted by Gasteiger charge is -2.22. The first kappa shape index (κ1) is 16.6. The minimum atomic E-state index is -4.73. The molecule has 0 aliphatic carbocycles. The molecule has 1 aromatic rings. The second kappa shape index (κ2) is 5.88. The lowest BCUT2D eigenvalue weighted by molar-refractivity contribution is -0.142. The summed E-state index contributed by atoms with van der Waals surface area (Å²) >= 11 is 0. The summed E-state index contributed by atoms with van der Waals surface area (Å²) in [6.07, 6.45) is -7.84. The summed E-state index contributed by atoms with van der Waals surface area (Å²) in [5.74, 6) is -5.35. The Kier molecular flexibility index (Phi) is 4.87. The zero-order chi connectivity index (χ0) is 15.7. The maximum atomic E-state index is 13.5. The zero-order valence-corrected chi connectivity index (χ0v) is 10.1. The summed E-state index contributed by atoms with van der Waals surface area (Å²) in [5.41, 5.74) is -2.42. The lowest BCUT2D eigenvalue weighted by Crippen LogP contribution is -2.36. The van der Waals surface area contributed by atoms with Crippen LogP contribution >= 0.6 is 0 Å². The van der Waals surface area contributed by atoms with E-state index in [4.69, 9.17) is 10.2 Å². The number of benzene rings is 1. The fraction of sp³-hybridized carbons (Fsp3) is 0.455. The second-order valence-corrected chi connectivity index (χ2v) is 3.97. The molecule has 0 unspecified atom stereocenters. The van der Waals surface area contributed by atoms with Crippen molar-refractivity contribution < 1.29 is 36.6 Å². The average molecular weight is 303 g/mol. The molecule has 0 saturated carbocycles. The molecule has 0 bridgehead atoms. The van der Waals surface area contributed by atoms with Crippen molar-refractivity contribution in [3.05, 3.63) is 29.1 Å². The van der Waals surface area contributed by atoms with Gasteiger partial charge in [-0.2, -0.15) is 13.2 Å². The van der Waals surface area contributed by atoms with Crippen LogP contribution in [0.5, 0.6) is 0 Å². The van der Waals surface area contributed by atoms with Crippen LogP contribution in [0.1, 0.15) is 25.2 Å². The monoisotopic (exact) mass is 303 g/mol. The topological polar surface area (TPSA) is 52.5 Å². The molecule has 1 aromatic carbocycles. The van der Waals surface area contributed by atoms with Crippen LogP contribution in [0.4, 0.5) is 32.0 Å². The molecule has 3 nitrogen and oxygen atoms in total. The summed E-state index contributed by atoms with van der Waals surface area (Å²) in [4.78, 5) is 0. The Morgan fingerprint density at radius 3 is 2.10 bits per heavy atom. The molecule has 0 radical (unpaired) electrons. The maximum absolute atomic E-state index is 13.5. The number of aliphatic hydroxyl groups excluding tert-OH is 1. The van der Waals surface area contributed by atoms with Gasteiger partial charge in [0.05, 0.1) is 11.3 Å². The van der Waals surface area contributed by atoms with Crippen LogP contribution in [0.15, 0.2) is 6.07 Å². The maximum Gasteiger partial charge on any atom is 0.408 e. The molecule has 1 rings (SSSR count). The second-order valence-electron chi connectivity index (χ2n) is 3.97. The molecule has 9 heteroatoms. The van der Waals surface area contributed by atoms with Crippen molar-refractivity contribution in [1.29, 1.82) is 0 Å². The van der Waals surface area contributed by atoms with Crippen molar-refractivity contribution in [3.8, 4) is 0 Å². The van der Waals surface area contributed by atoms with Gasteiger partial charge in [-0.15, -0.1) is 0 Å². The fourth-order valence-electron chi connectivity index (χ4n) is 1.55. The smallest absolute Gasteiger partial charge is 0.371 e. The van der Waals surface area contributed by atoms with Gasteiger partial charge < -0.3 is 15.5 Å². The van der Waals surface area contributed by atoms with Crippen LogP contribution in [0.2, 0.25) is 0 Å². The van der Waals surface area contributed by atoms with Crippen LogP contribution in [0.3, 0.4) is 0 Å². The minimum Gasteiger partial charge on any atom is -0.371 e. The van der Waals surface area contributed by atoms with Gasteiger partial charge >= 0.3 is 6.18 Å². The highest BCUT2D eigenvalue weighted by Gasteiger charge is 2.39. The summed E-state index contributed by atoms with van der Waals surface area (Å²) in [6.45, 7) is 1.15. The molecule has 0 amide bonds. The van der Waals surface area contributed by atoms with Crippen LogP contribution in [-0.4, -0.2) is 22.4 Å². The predicted molar refractivity (Wildman–Crippen MR) is 57.3 cm³/mol. The van der Waals surface area contributed by atoms with E-state index in [1.807, 2.05) is 0 Å². The van der Waals surface area contributed by atoms with Crippen LogP contribution in [0, 0.1) is 17.5 Å². The molecule has 0 heterocycles. The van der Waals surface area contributed by atoms with E-state index in [2.05, 4.69) is 0 Å². The van der Waals surface area contributed by atoms with Crippen molar-refractivity contribution >= 4 is 5.69 Å². The normalized spacial score (nSPS) is 13.7. The first-order valence-corrected chi connectivity index (χ1v) is 5.46. The van der Waals surface area contributed by atoms with Crippen molar-refractivity contribution in [1.82, 2.24) is 0 Å². The van der Waals surface area contributed by atoms with Crippen molar-refractivity contribution in [3.63, 3.8) is 0 Å². The van der Waals surface area contributed by atoms with E-state index in [-0.39, 0.29) is 6.07 Å². The third-order valence-corrected chi connectivity index (χ3v) is 2.59. The fourth-order valence-corrected chi connectivity index (χ4v) is 1.55. The van der Waals surface area contributed by atoms with E-state index in [9.17, 15) is 26.3 Å². The summed E-state index contributed by atoms with van der Waals surface area (Å²) < 4.78 is 77.7. The predicted octanol–water partition coefficient (Wildman–Crippen LogP) is 2.84. The SMILES string of the molecule is CC[C@@H](Nc1cc(F)c(C(O)O)c(F)c1F)C(F)(F)F. The lowest BCUT2D eigenvalue weighted by atomic mass is 10.1. The summed E-state index contributed by atoms with van der Waals surface area (Å²) in [5, 5.41) is 19.0. The number of halogens is 6. The molecule has 114 valence electrons. The van der Waals surface area contributed by atoms with Crippen molar-refractivity contribution in [2.45, 2.75) is 31.9 Å². The van der Waals surface area contributed by atoms with E-state index in [1.54, 1.807) is 5.32 Å². The Labute approximate surface area is 109 Å². The number of hydrogen-bond acceptors (Lipinski definition) is 3. The van der Waals surface area contributed by atoms with Gasteiger partial charge in [-0.25, -0.2) is 13.2 Å². The molecule has 3 N–H and O–H groups in total. The van der Waals surface area contributed by atoms with Gasteiger partial charge in [0.25, 0.3) is 0 Å². The minimum absolute atomic E-state index is 0.238. The van der Waals surface area contributed by atoms with Gasteiger partial charge in [-0.1, -0.05) is 6.92 Å². The van der Waals surface area contributed by atoms with Gasteiger partial charge in [0.2, 0.25) is 0 Å². The number of rotatable bonds is 4. The van der Waals surface area contributed by atoms with E-state index < -0.39 is 53.6 Å². The van der Waals surface area contributed by atoms with E-state index >= 15 is 0 Å². The molecule has 20 heavy (non-hydrogen) atoms. The molecule has 0 saturated heterocycles. The molecule has 0 aromatic heterocycles. The van der Waals surface area contributed by atoms with Crippen LogP contribution < -0.4 is 5.32 Å². The highest BCUT2D eigenvalue weighted by Crippen LogP contribution is 2.31. The van der Waals surface area contributed by atoms with E-state index in [1.165, 1.54) is 0 Å². The number of nitrogens with one attached hydrogen (secondary N) is 1. The van der Waals surface area contributed by atoms with E-state index in [0.717, 1.165) is 6.92 Å². The largest absolute Gasteiger partial charge is 0.408 e. The van der Waals surface area contributed by atoms with Gasteiger partial charge in [-0.3, -0.25) is 0 Å². The Balaban J connectivity index is 3.22. The first-order valence-electron chi connectivity index (χ1n) is 5.46. The standard InChI is InChI=1S/C11H11F6NO2/c1-2-6(11(15,16)17)18-5-3-4(12)7(10(19)20)9(14)8(5)13/h3,6,10,18-20H,2H2,1H3/t6-/m1/s1. The number of anilines is 1. The molecule has 1 atom stereocenters. The highest BCUT2D eigenvalue weighted by molar-refractivity contribution is 5.49. The van der Waals surface area contributed by atoms with E-state index in [0.29, 0.717) is 0 Å². The number of aliphatic hydroxyl groups is 2. The third kappa shape index (κ3) is 3.34. The molecule has 0 spiro atoms. The highest BCUT2D eigenvalue weighted by atomic mass is 19.4. The zero-order valence-electron chi connectivity index (χ0n) is 10.1. The first-order chi connectivity index (χ1) is 9.09. The number of hydrogen-bond donors (Lipinski definition) is 3. The summed E-state index contributed by atoms with van der Waals surface area (Å²) in [7, 11) is 0. The third-order valence-electron chi connectivity index (χ3n) is 2.59. The Bertz CT molecular complexity index is 489. The summed E-state index contributed by atoms with van der Waals surface area (Å²) in [6, 6.07) is -1.96. The molecule has 0 aliphatic rings. The Morgan fingerprint density at radius 1 is 1.15 bits per heavy atom. The van der Waals surface area contributed by atoms with Gasteiger partial charge in [0.15, 0.2) is 17.9 Å². The van der Waals surface area contributed by atoms with Crippen molar-refractivity contribution in [2.24, 2.45) is 0 Å². The van der Waals surface area contributed by atoms with Gasteiger partial charge in [0, 0.05) is 6.07 Å². The van der Waals surface area contributed by atoms with Crippen LogP contribution in [-0.2, 0) is 0 Å². The molecule has 0 aliphatic heterocycles. The molecule has 0 fully saturated rings. The Morgan fingerprint density at radius 2 is 1.70 bits per heavy atom. The molecular weight excluding hydrogens is 292 g/mol. The molecular formula is C11H11F6NO2. The quantitative estimate of drug-likeness (QED) is 0.455. The van der Waals surface area contributed by atoms with Crippen LogP contribution in [0.25, 0.3) is 0 Å². The van der Waals surface area contributed by atoms with Gasteiger partial charge in [-0.05, 0) is 6.42 Å². The number of alkyl halides is 3. The average Bonchev–Trinajstić information content (AvgIpc) is 2.29. The van der Waals surface area contributed by atoms with Crippen molar-refractivity contribution in [2.75, 3.05) is 5.32 Å². The van der Waals surface area contributed by atoms with Gasteiger partial charge in [0.1, 0.15) is 11.9 Å².